The third-order valence-electron chi connectivity index (χ3n) is 5.41. The molecule has 2 bridgehead atoms. The minimum absolute atomic E-state index is 0.0388. The van der Waals surface area contributed by atoms with E-state index in [0.29, 0.717) is 12.6 Å². The highest BCUT2D eigenvalue weighted by molar-refractivity contribution is 5.75. The van der Waals surface area contributed by atoms with Gasteiger partial charge in [0.1, 0.15) is 12.5 Å². The van der Waals surface area contributed by atoms with E-state index in [1.165, 1.54) is 25.3 Å². The van der Waals surface area contributed by atoms with Crippen LogP contribution in [-0.2, 0) is 9.53 Å². The first-order chi connectivity index (χ1) is 11.7. The molecule has 0 aliphatic carbocycles. The number of ether oxygens (including phenoxy) is 1. The number of rotatable bonds is 5. The summed E-state index contributed by atoms with van der Waals surface area (Å²) in [6.07, 6.45) is 6.15. The maximum Gasteiger partial charge on any atom is 0.310 e. The van der Waals surface area contributed by atoms with E-state index in [0.717, 1.165) is 24.8 Å². The summed E-state index contributed by atoms with van der Waals surface area (Å²) in [7, 11) is 1.42. The van der Waals surface area contributed by atoms with E-state index in [1.54, 1.807) is 12.1 Å². The Morgan fingerprint density at radius 2 is 2.04 bits per heavy atom. The SMILES string of the molecule is COC(=O)C1[C@@H](c2ccc(F)cc2)C[C@@H]2CC[C@@H]1N2C/C=C/C[18F]. The van der Waals surface area contributed by atoms with Gasteiger partial charge in [-0.05, 0) is 37.0 Å². The molecular weight excluding hydrogens is 311 g/mol. The van der Waals surface area contributed by atoms with Crippen molar-refractivity contribution in [2.24, 2.45) is 5.92 Å². The van der Waals surface area contributed by atoms with Crippen molar-refractivity contribution in [1.29, 1.82) is 0 Å². The molecule has 24 heavy (non-hydrogen) atoms. The highest BCUT2D eigenvalue weighted by Crippen LogP contribution is 2.47. The molecule has 3 nitrogen and oxygen atoms in total. The van der Waals surface area contributed by atoms with Crippen molar-refractivity contribution in [1.82, 2.24) is 4.90 Å². The molecule has 5 heteroatoms. The van der Waals surface area contributed by atoms with Crippen molar-refractivity contribution in [2.75, 3.05) is 20.3 Å². The molecule has 0 amide bonds. The molecule has 1 aromatic rings. The fourth-order valence-corrected chi connectivity index (χ4v) is 4.37. The number of piperidine rings is 1. The number of benzene rings is 1. The summed E-state index contributed by atoms with van der Waals surface area (Å²) in [5.74, 6) is -0.714. The Kier molecular flexibility index (Phi) is 5.29. The van der Waals surface area contributed by atoms with E-state index in [4.69, 9.17) is 4.74 Å². The molecular formula is C19H23F2NO2. The molecule has 3 rings (SSSR count). The van der Waals surface area contributed by atoms with Crippen molar-refractivity contribution in [3.8, 4) is 0 Å². The number of carbonyl (C=O) groups excluding carboxylic acids is 1. The van der Waals surface area contributed by atoms with Gasteiger partial charge in [0.15, 0.2) is 0 Å². The van der Waals surface area contributed by atoms with Crippen LogP contribution < -0.4 is 0 Å². The lowest BCUT2D eigenvalue weighted by atomic mass is 9.76. The number of fused-ring (bicyclic) bond motifs is 2. The summed E-state index contributed by atoms with van der Waals surface area (Å²) in [6, 6.07) is 6.90. The van der Waals surface area contributed by atoms with E-state index < -0.39 is 6.67 Å². The molecule has 130 valence electrons. The predicted molar refractivity (Wildman–Crippen MR) is 87.9 cm³/mol. The van der Waals surface area contributed by atoms with Gasteiger partial charge >= 0.3 is 5.97 Å². The Morgan fingerprint density at radius 3 is 2.71 bits per heavy atom. The van der Waals surface area contributed by atoms with Crippen LogP contribution >= 0.6 is 0 Å². The zero-order valence-corrected chi connectivity index (χ0v) is 13.8. The smallest absolute Gasteiger partial charge is 0.310 e. The summed E-state index contributed by atoms with van der Waals surface area (Å²) in [4.78, 5) is 14.8. The van der Waals surface area contributed by atoms with Crippen LogP contribution in [-0.4, -0.2) is 43.3 Å². The molecule has 0 spiro atoms. The van der Waals surface area contributed by atoms with E-state index in [9.17, 15) is 13.6 Å². The van der Waals surface area contributed by atoms with Crippen molar-refractivity contribution < 1.29 is 18.3 Å². The lowest BCUT2D eigenvalue weighted by molar-refractivity contribution is -0.150. The zero-order valence-electron chi connectivity index (χ0n) is 13.8. The largest absolute Gasteiger partial charge is 0.469 e. The van der Waals surface area contributed by atoms with Crippen LogP contribution in [0.1, 0.15) is 30.7 Å². The van der Waals surface area contributed by atoms with Crippen LogP contribution in [0, 0.1) is 11.7 Å². The molecule has 0 aromatic heterocycles. The average molecular weight is 334 g/mol. The van der Waals surface area contributed by atoms with Crippen LogP contribution in [0.25, 0.3) is 0 Å². The molecule has 0 saturated carbocycles. The third kappa shape index (κ3) is 3.22. The Balaban J connectivity index is 1.87. The van der Waals surface area contributed by atoms with Gasteiger partial charge in [-0.2, -0.15) is 0 Å². The number of hydrogen-bond donors (Lipinski definition) is 0. The molecule has 1 unspecified atom stereocenters. The standard InChI is InChI=1S/C19H23F2NO2/c1-24-19(23)18-16(13-4-6-14(21)7-5-13)12-15-8-9-17(18)22(15)11-3-2-10-20/h2-7,15-18H,8-12H2,1H3/b3-2+/t15-,16+,17-,18?/m0/s1/i20-1. The third-order valence-corrected chi connectivity index (χ3v) is 5.41. The maximum absolute atomic E-state index is 13.2. The number of allylic oxidation sites excluding steroid dienone is 1. The Labute approximate surface area is 141 Å². The van der Waals surface area contributed by atoms with Gasteiger partial charge in [0, 0.05) is 24.5 Å². The van der Waals surface area contributed by atoms with Gasteiger partial charge in [0.25, 0.3) is 0 Å². The lowest BCUT2D eigenvalue weighted by Crippen LogP contribution is -2.50. The number of halogens is 2. The van der Waals surface area contributed by atoms with Gasteiger partial charge in [0.05, 0.1) is 13.0 Å². The summed E-state index contributed by atoms with van der Waals surface area (Å²) in [6.45, 7) is 0.185. The van der Waals surface area contributed by atoms with Crippen LogP contribution in [0.5, 0.6) is 0 Å². The Hall–Kier alpha value is -1.75. The zero-order chi connectivity index (χ0) is 17.1. The first kappa shape index (κ1) is 17.1. The van der Waals surface area contributed by atoms with Crippen LogP contribution in [0.15, 0.2) is 36.4 Å². The van der Waals surface area contributed by atoms with Crippen molar-refractivity contribution in [3.05, 3.63) is 47.8 Å². The second kappa shape index (κ2) is 7.43. The normalized spacial score (nSPS) is 30.0. The van der Waals surface area contributed by atoms with E-state index in [-0.39, 0.29) is 29.7 Å². The highest BCUT2D eigenvalue weighted by atomic mass is 19.1. The summed E-state index contributed by atoms with van der Waals surface area (Å²) < 4.78 is 30.6. The van der Waals surface area contributed by atoms with Crippen LogP contribution in [0.2, 0.25) is 0 Å². The van der Waals surface area contributed by atoms with E-state index in [1.807, 2.05) is 6.08 Å². The van der Waals surface area contributed by atoms with E-state index in [2.05, 4.69) is 4.90 Å². The van der Waals surface area contributed by atoms with Gasteiger partial charge in [-0.1, -0.05) is 24.3 Å². The van der Waals surface area contributed by atoms with Crippen molar-refractivity contribution in [3.63, 3.8) is 0 Å². The van der Waals surface area contributed by atoms with Gasteiger partial charge in [-0.15, -0.1) is 0 Å². The topological polar surface area (TPSA) is 29.5 Å². The molecule has 2 fully saturated rings. The van der Waals surface area contributed by atoms with Gasteiger partial charge in [-0.25, -0.2) is 8.78 Å². The number of hydrogen-bond acceptors (Lipinski definition) is 3. The molecule has 0 radical (unpaired) electrons. The van der Waals surface area contributed by atoms with Gasteiger partial charge < -0.3 is 4.74 Å². The van der Waals surface area contributed by atoms with Crippen molar-refractivity contribution >= 4 is 5.97 Å². The number of alkyl halides is 1. The fourth-order valence-electron chi connectivity index (χ4n) is 4.37. The van der Waals surface area contributed by atoms with Gasteiger partial charge in [0.2, 0.25) is 0 Å². The summed E-state index contributed by atoms with van der Waals surface area (Å²) in [5, 5.41) is 0. The maximum atomic E-state index is 13.2. The quantitative estimate of drug-likeness (QED) is 0.610. The lowest BCUT2D eigenvalue weighted by Gasteiger charge is -2.43. The number of nitrogens with zero attached hydrogens (tertiary/aromatic N) is 1. The van der Waals surface area contributed by atoms with Crippen LogP contribution in [0.4, 0.5) is 8.78 Å². The van der Waals surface area contributed by atoms with Crippen molar-refractivity contribution in [2.45, 2.75) is 37.3 Å². The minimum Gasteiger partial charge on any atom is -0.469 e. The molecule has 2 aliphatic heterocycles. The first-order valence-corrected chi connectivity index (χ1v) is 8.45. The van der Waals surface area contributed by atoms with Crippen LogP contribution in [0.3, 0.4) is 0 Å². The number of carbonyl (C=O) groups is 1. The number of methoxy groups -OCH3 is 1. The fraction of sp³-hybridized carbons (Fsp3) is 0.526. The summed E-state index contributed by atoms with van der Waals surface area (Å²) >= 11 is 0. The monoisotopic (exact) mass is 334 g/mol. The second-order valence-electron chi connectivity index (χ2n) is 6.56. The molecule has 1 aromatic carbocycles. The predicted octanol–water partition coefficient (Wildman–Crippen LogP) is 3.46. The summed E-state index contributed by atoms with van der Waals surface area (Å²) in [5.41, 5.74) is 0.989. The molecule has 2 heterocycles. The Morgan fingerprint density at radius 1 is 1.29 bits per heavy atom. The number of esters is 1. The minimum atomic E-state index is -0.470. The first-order valence-electron chi connectivity index (χ1n) is 8.45. The Bertz CT molecular complexity index is 602. The molecule has 2 saturated heterocycles. The molecule has 2 aliphatic rings. The second-order valence-corrected chi connectivity index (χ2v) is 6.56. The molecule has 4 atom stereocenters. The van der Waals surface area contributed by atoms with Gasteiger partial charge in [-0.3, -0.25) is 9.69 Å². The van der Waals surface area contributed by atoms with E-state index >= 15 is 0 Å². The molecule has 0 N–H and O–H groups in total. The highest BCUT2D eigenvalue weighted by Gasteiger charge is 2.50. The average Bonchev–Trinajstić information content (AvgIpc) is 2.87.